The van der Waals surface area contributed by atoms with Gasteiger partial charge in [0.05, 0.1) is 11.1 Å². The first-order chi connectivity index (χ1) is 19.8. The molecule has 1 saturated heterocycles. The summed E-state index contributed by atoms with van der Waals surface area (Å²) in [6.45, 7) is 12.5. The summed E-state index contributed by atoms with van der Waals surface area (Å²) in [7, 11) is -2.22. The van der Waals surface area contributed by atoms with Crippen LogP contribution in [0.3, 0.4) is 0 Å². The lowest BCUT2D eigenvalue weighted by Gasteiger charge is -2.48. The van der Waals surface area contributed by atoms with Gasteiger partial charge in [-0.05, 0) is 86.6 Å². The van der Waals surface area contributed by atoms with Crippen molar-refractivity contribution in [2.45, 2.75) is 64.6 Å². The topological polar surface area (TPSA) is 70.1 Å². The van der Waals surface area contributed by atoms with Crippen molar-refractivity contribution in [2.24, 2.45) is 0 Å². The number of carbonyl (C=O) groups is 2. The van der Waals surface area contributed by atoms with Crippen LogP contribution in [-0.2, 0) is 10.3 Å². The van der Waals surface area contributed by atoms with Gasteiger partial charge in [0.15, 0.2) is 5.60 Å². The monoisotopic (exact) mass is 568 g/mol. The Morgan fingerprint density at radius 2 is 1.29 bits per heavy atom. The standard InChI is InChI=1S/C34H40N2O4Si/c1-5-35(6-2)24-13-16-28-30(21-24)41(18-10-9-11-19-41)31-22-25(36(7-3)8-4)14-17-29(31)34(28)27-15-12-23(32(37)38)20-26(27)33(39)40-34/h12-17,20-22H,5-11,18-19H2,1-4H3,(H,37,38). The second-order valence-corrected chi connectivity index (χ2v) is 15.8. The van der Waals surface area contributed by atoms with Crippen LogP contribution in [0.2, 0.25) is 12.1 Å². The molecule has 0 atom stereocenters. The smallest absolute Gasteiger partial charge is 0.340 e. The number of carbonyl (C=O) groups excluding carboxylic acids is 1. The number of ether oxygens (including phenoxy) is 1. The van der Waals surface area contributed by atoms with E-state index in [2.05, 4.69) is 73.9 Å². The first-order valence-corrected chi connectivity index (χ1v) is 17.7. The van der Waals surface area contributed by atoms with Gasteiger partial charge in [0.25, 0.3) is 0 Å². The highest BCUT2D eigenvalue weighted by atomic mass is 28.3. The van der Waals surface area contributed by atoms with Crippen LogP contribution in [0.1, 0.15) is 84.4 Å². The zero-order valence-corrected chi connectivity index (χ0v) is 25.6. The third-order valence-electron chi connectivity index (χ3n) is 9.87. The van der Waals surface area contributed by atoms with Crippen LogP contribution in [0.25, 0.3) is 0 Å². The van der Waals surface area contributed by atoms with Crippen molar-refractivity contribution in [1.82, 2.24) is 0 Å². The van der Waals surface area contributed by atoms with Gasteiger partial charge in [-0.25, -0.2) is 9.59 Å². The Labute approximate surface area is 243 Å². The zero-order chi connectivity index (χ0) is 28.9. The van der Waals surface area contributed by atoms with Gasteiger partial charge in [-0.2, -0.15) is 0 Å². The highest BCUT2D eigenvalue weighted by molar-refractivity contribution is 7.03. The Bertz CT molecular complexity index is 1450. The molecule has 7 heteroatoms. The van der Waals surface area contributed by atoms with Crippen LogP contribution in [0.4, 0.5) is 11.4 Å². The van der Waals surface area contributed by atoms with Crippen LogP contribution < -0.4 is 20.2 Å². The second kappa shape index (κ2) is 10.4. The summed E-state index contributed by atoms with van der Waals surface area (Å²) in [5.41, 5.74) is 4.68. The predicted molar refractivity (Wildman–Crippen MR) is 167 cm³/mol. The van der Waals surface area contributed by atoms with E-state index in [1.807, 2.05) is 6.07 Å². The summed E-state index contributed by atoms with van der Waals surface area (Å²) in [5, 5.41) is 12.5. The normalized spacial score (nSPS) is 17.5. The first-order valence-electron chi connectivity index (χ1n) is 15.3. The number of nitrogens with zero attached hydrogens (tertiary/aromatic N) is 2. The minimum atomic E-state index is -2.22. The molecular formula is C34H40N2O4Si. The molecule has 6 rings (SSSR count). The number of esters is 1. The number of rotatable bonds is 7. The molecule has 0 amide bonds. The fourth-order valence-corrected chi connectivity index (χ4v) is 13.6. The molecule has 0 saturated carbocycles. The van der Waals surface area contributed by atoms with E-state index in [1.165, 1.54) is 59.2 Å². The van der Waals surface area contributed by atoms with Crippen molar-refractivity contribution in [3.05, 3.63) is 82.4 Å². The van der Waals surface area contributed by atoms with E-state index in [-0.39, 0.29) is 5.56 Å². The fraction of sp³-hybridized carbons (Fsp3) is 0.412. The van der Waals surface area contributed by atoms with Crippen LogP contribution in [-0.4, -0.2) is 51.3 Å². The van der Waals surface area contributed by atoms with Crippen LogP contribution in [0.15, 0.2) is 54.6 Å². The van der Waals surface area contributed by atoms with Gasteiger partial charge in [0.1, 0.15) is 8.07 Å². The Hall–Kier alpha value is -3.58. The van der Waals surface area contributed by atoms with Crippen molar-refractivity contribution in [2.75, 3.05) is 36.0 Å². The van der Waals surface area contributed by atoms with E-state index in [9.17, 15) is 14.7 Å². The maximum Gasteiger partial charge on any atom is 0.340 e. The van der Waals surface area contributed by atoms with Gasteiger partial charge in [0.2, 0.25) is 0 Å². The van der Waals surface area contributed by atoms with Gasteiger partial charge in [0, 0.05) is 54.2 Å². The molecule has 0 aromatic heterocycles. The average Bonchev–Trinajstić information content (AvgIpc) is 3.30. The number of fused-ring (bicyclic) bond motifs is 8. The van der Waals surface area contributed by atoms with E-state index < -0.39 is 25.6 Å². The van der Waals surface area contributed by atoms with E-state index in [0.717, 1.165) is 42.9 Å². The Morgan fingerprint density at radius 1 is 0.780 bits per heavy atom. The molecule has 6 nitrogen and oxygen atoms in total. The zero-order valence-electron chi connectivity index (χ0n) is 24.6. The van der Waals surface area contributed by atoms with Crippen LogP contribution >= 0.6 is 0 Å². The molecule has 3 aliphatic rings. The van der Waals surface area contributed by atoms with E-state index in [1.54, 1.807) is 6.07 Å². The van der Waals surface area contributed by atoms with Gasteiger partial charge in [-0.3, -0.25) is 0 Å². The molecule has 0 bridgehead atoms. The molecule has 3 aromatic carbocycles. The summed E-state index contributed by atoms with van der Waals surface area (Å²) < 4.78 is 6.55. The first kappa shape index (κ1) is 27.6. The van der Waals surface area contributed by atoms with Crippen LogP contribution in [0.5, 0.6) is 0 Å². The van der Waals surface area contributed by atoms with Crippen molar-refractivity contribution >= 4 is 41.8 Å². The molecule has 0 radical (unpaired) electrons. The van der Waals surface area contributed by atoms with Crippen molar-refractivity contribution in [3.63, 3.8) is 0 Å². The highest BCUT2D eigenvalue weighted by Crippen LogP contribution is 2.51. The lowest BCUT2D eigenvalue weighted by Crippen LogP contribution is -2.67. The average molecular weight is 569 g/mol. The molecule has 41 heavy (non-hydrogen) atoms. The molecule has 214 valence electrons. The van der Waals surface area contributed by atoms with E-state index in [0.29, 0.717) is 5.56 Å². The summed E-state index contributed by atoms with van der Waals surface area (Å²) in [6.07, 6.45) is 3.68. The SMILES string of the molecule is CCN(CC)c1ccc2c(c1)[Si]1(CCCCC1)c1cc(N(CC)CC)ccc1C21OC(=O)c2cc(C(=O)O)ccc21. The van der Waals surface area contributed by atoms with E-state index >= 15 is 0 Å². The molecule has 1 N–H and O–H groups in total. The molecule has 3 heterocycles. The third kappa shape index (κ3) is 3.96. The summed E-state index contributed by atoms with van der Waals surface area (Å²) in [6, 6.07) is 20.9. The Morgan fingerprint density at radius 3 is 1.78 bits per heavy atom. The Kier molecular flexibility index (Phi) is 6.97. The quantitative estimate of drug-likeness (QED) is 0.296. The summed E-state index contributed by atoms with van der Waals surface area (Å²) >= 11 is 0. The third-order valence-corrected chi connectivity index (χ3v) is 15.2. The lowest BCUT2D eigenvalue weighted by molar-refractivity contribution is 0.0255. The predicted octanol–water partition coefficient (Wildman–Crippen LogP) is 5.60. The summed E-state index contributed by atoms with van der Waals surface area (Å²) in [5.74, 6) is -1.51. The molecule has 3 aromatic rings. The molecule has 0 unspecified atom stereocenters. The molecule has 0 aliphatic carbocycles. The number of hydrogen-bond acceptors (Lipinski definition) is 5. The molecule has 3 aliphatic heterocycles. The van der Waals surface area contributed by atoms with E-state index in [4.69, 9.17) is 4.74 Å². The number of carboxylic acids is 1. The minimum Gasteiger partial charge on any atom is -0.478 e. The van der Waals surface area contributed by atoms with Gasteiger partial charge in [-0.15, -0.1) is 0 Å². The molecule has 1 fully saturated rings. The number of benzene rings is 3. The van der Waals surface area contributed by atoms with Crippen LogP contribution in [0, 0.1) is 0 Å². The summed E-state index contributed by atoms with van der Waals surface area (Å²) in [4.78, 5) is 30.2. The number of hydrogen-bond donors (Lipinski definition) is 1. The van der Waals surface area contributed by atoms with Crippen molar-refractivity contribution in [3.8, 4) is 0 Å². The number of carboxylic acid groups (broad SMARTS) is 1. The number of anilines is 2. The minimum absolute atomic E-state index is 0.0981. The van der Waals surface area contributed by atoms with Gasteiger partial charge >= 0.3 is 11.9 Å². The maximum atomic E-state index is 13.6. The van der Waals surface area contributed by atoms with Crippen molar-refractivity contribution < 1.29 is 19.4 Å². The lowest BCUT2D eigenvalue weighted by atomic mass is 9.78. The largest absolute Gasteiger partial charge is 0.478 e. The van der Waals surface area contributed by atoms with Crippen molar-refractivity contribution in [1.29, 1.82) is 0 Å². The molecule has 2 spiro atoms. The molecular weight excluding hydrogens is 528 g/mol. The second-order valence-electron chi connectivity index (χ2n) is 11.6. The van der Waals surface area contributed by atoms with Gasteiger partial charge in [-0.1, -0.05) is 37.5 Å². The Balaban J connectivity index is 1.71. The van der Waals surface area contributed by atoms with Gasteiger partial charge < -0.3 is 19.6 Å². The maximum absolute atomic E-state index is 13.6. The fourth-order valence-electron chi connectivity index (χ4n) is 7.83. The number of aromatic carboxylic acids is 1. The highest BCUT2D eigenvalue weighted by Gasteiger charge is 2.58.